The third-order valence-electron chi connectivity index (χ3n) is 10.5. The van der Waals surface area contributed by atoms with E-state index in [2.05, 4.69) is 191 Å². The van der Waals surface area contributed by atoms with E-state index in [1.54, 1.807) is 0 Å². The molecule has 0 N–H and O–H groups in total. The van der Waals surface area contributed by atoms with Gasteiger partial charge in [-0.2, -0.15) is 0 Å². The predicted octanol–water partition coefficient (Wildman–Crippen LogP) is 14.1. The highest BCUT2D eigenvalue weighted by Gasteiger charge is 2.23. The highest BCUT2D eigenvalue weighted by atomic mass is 32.1. The molecule has 2 aromatic heterocycles. The fraction of sp³-hybridized carbons (Fsp3) is 0. The molecule has 11 aromatic rings. The smallest absolute Gasteiger partial charge is 0.0726 e. The molecule has 51 heavy (non-hydrogen) atoms. The quantitative estimate of drug-likeness (QED) is 0.181. The van der Waals surface area contributed by atoms with E-state index in [0.717, 1.165) is 17.1 Å². The summed E-state index contributed by atoms with van der Waals surface area (Å²) in [6.07, 6.45) is 0. The van der Waals surface area contributed by atoms with Gasteiger partial charge in [-0.3, -0.25) is 0 Å². The lowest BCUT2D eigenvalue weighted by atomic mass is 9.98. The molecule has 2 heterocycles. The molecule has 238 valence electrons. The van der Waals surface area contributed by atoms with E-state index in [1.807, 2.05) is 11.3 Å². The first kappa shape index (κ1) is 28.4. The Balaban J connectivity index is 1.29. The van der Waals surface area contributed by atoms with Crippen molar-refractivity contribution in [2.75, 3.05) is 4.90 Å². The maximum atomic E-state index is 2.52. The van der Waals surface area contributed by atoms with Crippen molar-refractivity contribution in [3.8, 4) is 5.69 Å². The molecule has 0 aliphatic rings. The Bertz CT molecular complexity index is 3150. The fourth-order valence-electron chi connectivity index (χ4n) is 8.23. The van der Waals surface area contributed by atoms with Gasteiger partial charge < -0.3 is 9.47 Å². The maximum Gasteiger partial charge on any atom is 0.0726 e. The third-order valence-corrected chi connectivity index (χ3v) is 11.7. The Kier molecular flexibility index (Phi) is 6.16. The van der Waals surface area contributed by atoms with Gasteiger partial charge in [-0.25, -0.2) is 0 Å². The molecule has 0 bridgehead atoms. The molecule has 0 spiro atoms. The van der Waals surface area contributed by atoms with Crippen LogP contribution in [0.4, 0.5) is 17.1 Å². The molecule has 0 unspecified atom stereocenters. The van der Waals surface area contributed by atoms with Crippen LogP contribution in [-0.2, 0) is 0 Å². The first-order chi connectivity index (χ1) is 25.3. The van der Waals surface area contributed by atoms with Crippen molar-refractivity contribution in [2.24, 2.45) is 0 Å². The number of rotatable bonds is 4. The Labute approximate surface area is 298 Å². The minimum atomic E-state index is 1.13. The molecule has 0 atom stereocenters. The van der Waals surface area contributed by atoms with E-state index in [9.17, 15) is 0 Å². The van der Waals surface area contributed by atoms with Crippen molar-refractivity contribution in [1.82, 2.24) is 4.57 Å². The number of anilines is 3. The monoisotopic (exact) mass is 666 g/mol. The zero-order valence-electron chi connectivity index (χ0n) is 27.6. The Morgan fingerprint density at radius 2 is 0.980 bits per heavy atom. The standard InChI is InChI=1S/C48H30N2S/c1-2-16-35(17-3-1)49(36-24-22-31-12-4-6-14-33(31)28-36)38-26-27-43-42(30-38)45-39-18-8-9-19-40(39)46-41-20-10-11-21-44(41)51-48(46)47(45)50(43)37-25-23-32-13-5-7-15-34(32)29-37/h1-30H. The summed E-state index contributed by atoms with van der Waals surface area (Å²) in [4.78, 5) is 2.39. The van der Waals surface area contributed by atoms with E-state index >= 15 is 0 Å². The van der Waals surface area contributed by atoms with Crippen molar-refractivity contribution >= 4 is 103 Å². The van der Waals surface area contributed by atoms with Crippen LogP contribution in [0.15, 0.2) is 182 Å². The summed E-state index contributed by atoms with van der Waals surface area (Å²) in [5.41, 5.74) is 7.03. The summed E-state index contributed by atoms with van der Waals surface area (Å²) in [7, 11) is 0. The van der Waals surface area contributed by atoms with Gasteiger partial charge in [0, 0.05) is 49.0 Å². The van der Waals surface area contributed by atoms with Crippen LogP contribution in [0.2, 0.25) is 0 Å². The molecule has 3 heteroatoms. The van der Waals surface area contributed by atoms with Crippen molar-refractivity contribution in [3.05, 3.63) is 182 Å². The highest BCUT2D eigenvalue weighted by molar-refractivity contribution is 7.27. The van der Waals surface area contributed by atoms with Crippen molar-refractivity contribution in [1.29, 1.82) is 0 Å². The molecule has 0 saturated carbocycles. The van der Waals surface area contributed by atoms with Gasteiger partial charge >= 0.3 is 0 Å². The van der Waals surface area contributed by atoms with Crippen LogP contribution in [-0.4, -0.2) is 4.57 Å². The van der Waals surface area contributed by atoms with Crippen molar-refractivity contribution in [3.63, 3.8) is 0 Å². The first-order valence-corrected chi connectivity index (χ1v) is 18.3. The van der Waals surface area contributed by atoms with Gasteiger partial charge in [0.2, 0.25) is 0 Å². The fourth-order valence-corrected chi connectivity index (χ4v) is 9.49. The molecule has 0 aliphatic heterocycles. The summed E-state index contributed by atoms with van der Waals surface area (Å²) in [5, 5.41) is 12.7. The second kappa shape index (κ2) is 11.0. The number of fused-ring (bicyclic) bond motifs is 12. The van der Waals surface area contributed by atoms with E-state index in [1.165, 1.54) is 80.0 Å². The third kappa shape index (κ3) is 4.29. The van der Waals surface area contributed by atoms with Crippen LogP contribution in [0.5, 0.6) is 0 Å². The SMILES string of the molecule is c1ccc(N(c2ccc3ccccc3c2)c2ccc3c(c2)c2c4ccccc4c4c5ccccc5sc4c2n3-c2ccc3ccccc3c2)cc1. The molecular weight excluding hydrogens is 637 g/mol. The number of hydrogen-bond acceptors (Lipinski definition) is 2. The normalized spacial score (nSPS) is 11.9. The van der Waals surface area contributed by atoms with E-state index in [-0.39, 0.29) is 0 Å². The van der Waals surface area contributed by atoms with Gasteiger partial charge in [-0.15, -0.1) is 11.3 Å². The topological polar surface area (TPSA) is 8.17 Å². The summed E-state index contributed by atoms with van der Waals surface area (Å²) >= 11 is 1.91. The summed E-state index contributed by atoms with van der Waals surface area (Å²) in [6.45, 7) is 0. The van der Waals surface area contributed by atoms with Gasteiger partial charge in [0.25, 0.3) is 0 Å². The van der Waals surface area contributed by atoms with E-state index in [4.69, 9.17) is 0 Å². The molecule has 0 aliphatic carbocycles. The minimum Gasteiger partial charge on any atom is -0.310 e. The van der Waals surface area contributed by atoms with Crippen LogP contribution in [0.25, 0.3) is 80.0 Å². The summed E-state index contributed by atoms with van der Waals surface area (Å²) in [5.74, 6) is 0. The molecule has 11 rings (SSSR count). The molecule has 0 saturated heterocycles. The first-order valence-electron chi connectivity index (χ1n) is 17.4. The van der Waals surface area contributed by atoms with E-state index < -0.39 is 0 Å². The van der Waals surface area contributed by atoms with Crippen molar-refractivity contribution < 1.29 is 0 Å². The van der Waals surface area contributed by atoms with Crippen LogP contribution in [0.3, 0.4) is 0 Å². The zero-order chi connectivity index (χ0) is 33.5. The zero-order valence-corrected chi connectivity index (χ0v) is 28.4. The second-order valence-corrected chi connectivity index (χ2v) is 14.4. The van der Waals surface area contributed by atoms with Gasteiger partial charge in [0.1, 0.15) is 0 Å². The minimum absolute atomic E-state index is 1.13. The van der Waals surface area contributed by atoms with Gasteiger partial charge in [0.15, 0.2) is 0 Å². The average molecular weight is 667 g/mol. The number of benzene rings is 9. The van der Waals surface area contributed by atoms with E-state index in [0.29, 0.717) is 0 Å². The lowest BCUT2D eigenvalue weighted by Gasteiger charge is -2.26. The van der Waals surface area contributed by atoms with Crippen LogP contribution in [0, 0.1) is 0 Å². The van der Waals surface area contributed by atoms with Gasteiger partial charge in [0.05, 0.1) is 15.7 Å². The Morgan fingerprint density at radius 1 is 0.392 bits per heavy atom. The largest absolute Gasteiger partial charge is 0.310 e. The number of aromatic nitrogens is 1. The molecular formula is C48H30N2S. The highest BCUT2D eigenvalue weighted by Crippen LogP contribution is 2.49. The Morgan fingerprint density at radius 3 is 1.76 bits per heavy atom. The average Bonchev–Trinajstić information content (AvgIpc) is 3.75. The van der Waals surface area contributed by atoms with Crippen LogP contribution in [0.1, 0.15) is 0 Å². The van der Waals surface area contributed by atoms with Gasteiger partial charge in [-0.05, 0) is 93.0 Å². The van der Waals surface area contributed by atoms with Gasteiger partial charge in [-0.1, -0.05) is 121 Å². The molecule has 2 nitrogen and oxygen atoms in total. The predicted molar refractivity (Wildman–Crippen MR) is 221 cm³/mol. The summed E-state index contributed by atoms with van der Waals surface area (Å²) < 4.78 is 5.16. The maximum absolute atomic E-state index is 2.52. The lowest BCUT2D eigenvalue weighted by Crippen LogP contribution is -2.09. The van der Waals surface area contributed by atoms with Crippen molar-refractivity contribution in [2.45, 2.75) is 0 Å². The molecule has 0 amide bonds. The lowest BCUT2D eigenvalue weighted by molar-refractivity contribution is 1.19. The molecule has 0 fully saturated rings. The number of para-hydroxylation sites is 1. The number of nitrogens with zero attached hydrogens (tertiary/aromatic N) is 2. The summed E-state index contributed by atoms with van der Waals surface area (Å²) in [6, 6.07) is 66.6. The second-order valence-electron chi connectivity index (χ2n) is 13.3. The Hall–Kier alpha value is -6.42. The molecule has 0 radical (unpaired) electrons. The number of hydrogen-bond donors (Lipinski definition) is 0. The molecule has 9 aromatic carbocycles. The van der Waals surface area contributed by atoms with Crippen LogP contribution < -0.4 is 4.90 Å². The number of thiophene rings is 1. The van der Waals surface area contributed by atoms with Crippen LogP contribution >= 0.6 is 11.3 Å².